The molecule has 8 nitrogen and oxygen atoms in total. The van der Waals surface area contributed by atoms with E-state index in [9.17, 15) is 19.4 Å². The van der Waals surface area contributed by atoms with Crippen LogP contribution in [0.1, 0.15) is 155 Å². The molecule has 0 aromatic carbocycles. The molecule has 0 spiro atoms. The Morgan fingerprint density at radius 2 is 1.22 bits per heavy atom. The van der Waals surface area contributed by atoms with Gasteiger partial charge in [0.05, 0.1) is 39.9 Å². The van der Waals surface area contributed by atoms with Crippen molar-refractivity contribution in [3.05, 3.63) is 24.3 Å². The van der Waals surface area contributed by atoms with E-state index in [1.807, 2.05) is 27.2 Å². The normalized spacial score (nSPS) is 15.0. The Morgan fingerprint density at radius 3 is 1.76 bits per heavy atom. The van der Waals surface area contributed by atoms with Gasteiger partial charge in [0.25, 0.3) is 7.82 Å². The summed E-state index contributed by atoms with van der Waals surface area (Å²) in [5.41, 5.74) is 0. The number of unbranched alkanes of at least 4 members (excludes halogenated alkanes) is 18. The number of aliphatic hydroxyl groups is 1. The van der Waals surface area contributed by atoms with E-state index in [2.05, 4.69) is 31.3 Å². The Labute approximate surface area is 284 Å². The zero-order valence-corrected chi connectivity index (χ0v) is 31.4. The van der Waals surface area contributed by atoms with Crippen LogP contribution >= 0.6 is 7.82 Å². The van der Waals surface area contributed by atoms with E-state index in [0.717, 1.165) is 38.5 Å². The first-order valence-electron chi connectivity index (χ1n) is 18.7. The highest BCUT2D eigenvalue weighted by molar-refractivity contribution is 7.45. The van der Waals surface area contributed by atoms with Crippen molar-refractivity contribution in [2.75, 3.05) is 40.9 Å². The molecule has 0 fully saturated rings. The molecule has 0 bridgehead atoms. The number of likely N-dealkylation sites (N-methyl/N-ethyl adjacent to an activating group) is 1. The summed E-state index contributed by atoms with van der Waals surface area (Å²) in [7, 11) is 1.24. The summed E-state index contributed by atoms with van der Waals surface area (Å²) in [5, 5.41) is 13.6. The number of nitrogens with zero attached hydrogens (tertiary/aromatic N) is 1. The molecule has 0 aromatic heterocycles. The number of amides is 1. The molecule has 3 atom stereocenters. The first-order chi connectivity index (χ1) is 22.0. The highest BCUT2D eigenvalue weighted by Crippen LogP contribution is 2.38. The molecule has 272 valence electrons. The Hall–Kier alpha value is -1.02. The second kappa shape index (κ2) is 30.1. The molecule has 0 aromatic rings. The number of hydrogen-bond acceptors (Lipinski definition) is 6. The van der Waals surface area contributed by atoms with Gasteiger partial charge in [-0.05, 0) is 32.1 Å². The molecule has 1 amide bonds. The second-order valence-electron chi connectivity index (χ2n) is 13.9. The lowest BCUT2D eigenvalue weighted by molar-refractivity contribution is -0.870. The van der Waals surface area contributed by atoms with E-state index in [1.165, 1.54) is 96.3 Å². The van der Waals surface area contributed by atoms with Gasteiger partial charge >= 0.3 is 0 Å². The van der Waals surface area contributed by atoms with Crippen molar-refractivity contribution in [3.63, 3.8) is 0 Å². The molecule has 3 unspecified atom stereocenters. The zero-order chi connectivity index (χ0) is 34.4. The molecule has 2 N–H and O–H groups in total. The largest absolute Gasteiger partial charge is 0.756 e. The number of quaternary nitrogens is 1. The van der Waals surface area contributed by atoms with Gasteiger partial charge in [-0.3, -0.25) is 9.36 Å². The van der Waals surface area contributed by atoms with E-state index in [4.69, 9.17) is 9.05 Å². The Morgan fingerprint density at radius 1 is 0.739 bits per heavy atom. The van der Waals surface area contributed by atoms with Crippen LogP contribution in [0.3, 0.4) is 0 Å². The molecule has 0 rings (SSSR count). The number of hydrogen-bond donors (Lipinski definition) is 2. The van der Waals surface area contributed by atoms with Crippen molar-refractivity contribution < 1.29 is 32.9 Å². The van der Waals surface area contributed by atoms with E-state index in [1.54, 1.807) is 6.08 Å². The third kappa shape index (κ3) is 31.6. The molecule has 0 saturated heterocycles. The highest BCUT2D eigenvalue weighted by Gasteiger charge is 2.23. The lowest BCUT2D eigenvalue weighted by Crippen LogP contribution is -2.45. The lowest BCUT2D eigenvalue weighted by atomic mass is 10.1. The maximum Gasteiger partial charge on any atom is 0.268 e. The standard InChI is InChI=1S/C37H73N2O6P/c1-6-8-10-12-14-16-17-18-19-20-21-23-24-26-28-30-36(40)35(34-45-46(42,43)44-33-32-39(3,4)5)38-37(41)31-29-27-25-22-15-13-11-9-7-2/h21,23,28,30,35-36,40H,6-20,22,24-27,29,31-34H2,1-5H3,(H-,38,41,42,43)/b23-21+,30-28+. The summed E-state index contributed by atoms with van der Waals surface area (Å²) >= 11 is 0. The van der Waals surface area contributed by atoms with Gasteiger partial charge in [0.15, 0.2) is 0 Å². The highest BCUT2D eigenvalue weighted by atomic mass is 31.2. The summed E-state index contributed by atoms with van der Waals surface area (Å²) in [6.45, 7) is 4.57. The van der Waals surface area contributed by atoms with Gasteiger partial charge in [0.1, 0.15) is 13.2 Å². The number of carbonyl (C=O) groups excluding carboxylic acids is 1. The van der Waals surface area contributed by atoms with Crippen molar-refractivity contribution in [2.45, 2.75) is 167 Å². The molecule has 0 heterocycles. The lowest BCUT2D eigenvalue weighted by Gasteiger charge is -2.29. The van der Waals surface area contributed by atoms with Crippen LogP contribution in [0.15, 0.2) is 24.3 Å². The van der Waals surface area contributed by atoms with Gasteiger partial charge in [-0.25, -0.2) is 0 Å². The Balaban J connectivity index is 4.59. The minimum absolute atomic E-state index is 0.00495. The molecule has 0 aliphatic heterocycles. The van der Waals surface area contributed by atoms with Gasteiger partial charge in [0, 0.05) is 6.42 Å². The van der Waals surface area contributed by atoms with Gasteiger partial charge in [-0.1, -0.05) is 141 Å². The van der Waals surface area contributed by atoms with Crippen molar-refractivity contribution >= 4 is 13.7 Å². The van der Waals surface area contributed by atoms with Crippen molar-refractivity contribution in [1.82, 2.24) is 5.32 Å². The van der Waals surface area contributed by atoms with Gasteiger partial charge in [-0.2, -0.15) is 0 Å². The molecule has 0 saturated carbocycles. The van der Waals surface area contributed by atoms with Gasteiger partial charge < -0.3 is 28.8 Å². The summed E-state index contributed by atoms with van der Waals surface area (Å²) in [5.74, 6) is -0.213. The first kappa shape index (κ1) is 45.0. The number of allylic oxidation sites excluding steroid dienone is 3. The summed E-state index contributed by atoms with van der Waals surface area (Å²) in [6, 6.07) is -0.895. The van der Waals surface area contributed by atoms with E-state index in [0.29, 0.717) is 17.4 Å². The predicted octanol–water partition coefficient (Wildman–Crippen LogP) is 8.77. The van der Waals surface area contributed by atoms with Crippen LogP contribution in [-0.2, 0) is 18.4 Å². The molecule has 0 aliphatic carbocycles. The molecule has 46 heavy (non-hydrogen) atoms. The van der Waals surface area contributed by atoms with Gasteiger partial charge in [-0.15, -0.1) is 0 Å². The summed E-state index contributed by atoms with van der Waals surface area (Å²) in [6.07, 6.45) is 32.2. The fourth-order valence-electron chi connectivity index (χ4n) is 5.11. The number of nitrogens with one attached hydrogen (secondary N) is 1. The van der Waals surface area contributed by atoms with Crippen LogP contribution in [0.2, 0.25) is 0 Å². The average Bonchev–Trinajstić information content (AvgIpc) is 2.99. The molecular formula is C37H73N2O6P. The number of aliphatic hydroxyl groups excluding tert-OH is 1. The molecule has 9 heteroatoms. The smallest absolute Gasteiger partial charge is 0.268 e. The molecular weight excluding hydrogens is 599 g/mol. The molecule has 0 radical (unpaired) electrons. The number of phosphoric ester groups is 1. The number of rotatable bonds is 33. The maximum atomic E-state index is 12.7. The van der Waals surface area contributed by atoms with Crippen molar-refractivity contribution in [3.8, 4) is 0 Å². The van der Waals surface area contributed by atoms with Crippen LogP contribution < -0.4 is 10.2 Å². The third-order valence-electron chi connectivity index (χ3n) is 8.16. The fraction of sp³-hybridized carbons (Fsp3) is 0.865. The Bertz CT molecular complexity index is 814. The number of phosphoric acid groups is 1. The zero-order valence-electron chi connectivity index (χ0n) is 30.5. The number of carbonyl (C=O) groups is 1. The average molecular weight is 673 g/mol. The maximum absolute atomic E-state index is 12.7. The summed E-state index contributed by atoms with van der Waals surface area (Å²) < 4.78 is 23.0. The van der Waals surface area contributed by atoms with Crippen LogP contribution in [0.25, 0.3) is 0 Å². The van der Waals surface area contributed by atoms with E-state index in [-0.39, 0.29) is 12.5 Å². The second-order valence-corrected chi connectivity index (χ2v) is 15.3. The minimum Gasteiger partial charge on any atom is -0.756 e. The van der Waals surface area contributed by atoms with Crippen molar-refractivity contribution in [2.24, 2.45) is 0 Å². The topological polar surface area (TPSA) is 108 Å². The quantitative estimate of drug-likeness (QED) is 0.0312. The predicted molar refractivity (Wildman–Crippen MR) is 192 cm³/mol. The monoisotopic (exact) mass is 673 g/mol. The van der Waals surface area contributed by atoms with E-state index < -0.39 is 26.6 Å². The third-order valence-corrected chi connectivity index (χ3v) is 9.13. The van der Waals surface area contributed by atoms with E-state index >= 15 is 0 Å². The van der Waals surface area contributed by atoms with Crippen molar-refractivity contribution in [1.29, 1.82) is 0 Å². The fourth-order valence-corrected chi connectivity index (χ4v) is 5.83. The van der Waals surface area contributed by atoms with Crippen LogP contribution in [0.5, 0.6) is 0 Å². The van der Waals surface area contributed by atoms with Crippen LogP contribution in [-0.4, -0.2) is 68.5 Å². The first-order valence-corrected chi connectivity index (χ1v) is 20.2. The molecule has 0 aliphatic rings. The summed E-state index contributed by atoms with van der Waals surface area (Å²) in [4.78, 5) is 25.0. The minimum atomic E-state index is -4.58. The SMILES string of the molecule is CCCCCCCCCCC/C=C/CC/C=C/C(O)C(COP(=O)([O-])OCC[N+](C)(C)C)NC(=O)CCCCCCCCCCC. The van der Waals surface area contributed by atoms with Gasteiger partial charge in [0.2, 0.25) is 5.91 Å². The Kier molecular flexibility index (Phi) is 29.4. The van der Waals surface area contributed by atoms with Crippen LogP contribution in [0, 0.1) is 0 Å². The van der Waals surface area contributed by atoms with Crippen LogP contribution in [0.4, 0.5) is 0 Å².